The maximum absolute atomic E-state index is 11.8. The number of urea groups is 1. The molecule has 0 radical (unpaired) electrons. The van der Waals surface area contributed by atoms with Gasteiger partial charge in [0.25, 0.3) is 0 Å². The molecule has 1 saturated heterocycles. The molecule has 0 unspecified atom stereocenters. The second-order valence-corrected chi connectivity index (χ2v) is 5.40. The van der Waals surface area contributed by atoms with Gasteiger partial charge in [-0.1, -0.05) is 0 Å². The Morgan fingerprint density at radius 3 is 2.52 bits per heavy atom. The SMILES string of the molecule is Cc1nc(CNC(=O)N2CC(=O)NC(=O)C2)sc1C(=O)O. The molecule has 9 nitrogen and oxygen atoms in total. The van der Waals surface area contributed by atoms with E-state index in [9.17, 15) is 19.2 Å². The molecule has 0 saturated carbocycles. The van der Waals surface area contributed by atoms with E-state index in [-0.39, 0.29) is 24.5 Å². The van der Waals surface area contributed by atoms with Crippen LogP contribution in [0.25, 0.3) is 0 Å². The number of aromatic carboxylic acids is 1. The standard InChI is InChI=1S/C11H12N4O5S/c1-5-9(10(18)19)21-8(13-5)2-12-11(20)15-3-6(16)14-7(17)4-15/h2-4H2,1H3,(H,12,20)(H,18,19)(H,14,16,17). The summed E-state index contributed by atoms with van der Waals surface area (Å²) in [7, 11) is 0. The number of carboxylic acid groups (broad SMARTS) is 1. The Bertz CT molecular complexity index is 610. The monoisotopic (exact) mass is 312 g/mol. The minimum Gasteiger partial charge on any atom is -0.477 e. The van der Waals surface area contributed by atoms with Crippen LogP contribution < -0.4 is 10.6 Å². The molecule has 0 atom stereocenters. The van der Waals surface area contributed by atoms with E-state index in [1.807, 2.05) is 0 Å². The number of imide groups is 1. The maximum atomic E-state index is 11.8. The Kier molecular flexibility index (Phi) is 4.17. The number of hydrogen-bond donors (Lipinski definition) is 3. The van der Waals surface area contributed by atoms with Gasteiger partial charge in [-0.25, -0.2) is 14.6 Å². The van der Waals surface area contributed by atoms with Gasteiger partial charge in [-0.2, -0.15) is 0 Å². The van der Waals surface area contributed by atoms with Crippen LogP contribution in [0.4, 0.5) is 4.79 Å². The number of thiazole rings is 1. The van der Waals surface area contributed by atoms with E-state index >= 15 is 0 Å². The maximum Gasteiger partial charge on any atom is 0.347 e. The number of piperazine rings is 1. The van der Waals surface area contributed by atoms with Crippen molar-refractivity contribution < 1.29 is 24.3 Å². The molecule has 0 spiro atoms. The largest absolute Gasteiger partial charge is 0.477 e. The molecule has 1 aromatic rings. The van der Waals surface area contributed by atoms with Gasteiger partial charge in [-0.05, 0) is 6.92 Å². The van der Waals surface area contributed by atoms with Crippen LogP contribution in [-0.4, -0.2) is 51.9 Å². The summed E-state index contributed by atoms with van der Waals surface area (Å²) in [6.45, 7) is 1.20. The average molecular weight is 312 g/mol. The number of amides is 4. The van der Waals surface area contributed by atoms with Gasteiger partial charge in [-0.15, -0.1) is 11.3 Å². The van der Waals surface area contributed by atoms with Crippen LogP contribution in [0.15, 0.2) is 0 Å². The summed E-state index contributed by atoms with van der Waals surface area (Å²) in [6, 6.07) is -0.581. The molecule has 21 heavy (non-hydrogen) atoms. The number of nitrogens with one attached hydrogen (secondary N) is 2. The smallest absolute Gasteiger partial charge is 0.347 e. The van der Waals surface area contributed by atoms with Crippen LogP contribution in [0.5, 0.6) is 0 Å². The van der Waals surface area contributed by atoms with Gasteiger partial charge < -0.3 is 15.3 Å². The van der Waals surface area contributed by atoms with E-state index in [4.69, 9.17) is 5.11 Å². The molecular weight excluding hydrogens is 300 g/mol. The highest BCUT2D eigenvalue weighted by molar-refractivity contribution is 7.13. The number of carbonyl (C=O) groups excluding carboxylic acids is 3. The number of nitrogens with zero attached hydrogens (tertiary/aromatic N) is 2. The lowest BCUT2D eigenvalue weighted by Gasteiger charge is -2.25. The fourth-order valence-corrected chi connectivity index (χ4v) is 2.61. The summed E-state index contributed by atoms with van der Waals surface area (Å²) >= 11 is 0.967. The number of aryl methyl sites for hydroxylation is 1. The highest BCUT2D eigenvalue weighted by Gasteiger charge is 2.26. The molecule has 0 aromatic carbocycles. The van der Waals surface area contributed by atoms with Crippen LogP contribution in [-0.2, 0) is 16.1 Å². The third kappa shape index (κ3) is 3.54. The van der Waals surface area contributed by atoms with E-state index in [1.54, 1.807) is 6.92 Å². The van der Waals surface area contributed by atoms with Crippen molar-refractivity contribution in [3.63, 3.8) is 0 Å². The summed E-state index contributed by atoms with van der Waals surface area (Å²) in [5, 5.41) is 13.9. The van der Waals surface area contributed by atoms with Gasteiger partial charge in [-0.3, -0.25) is 14.9 Å². The number of carbonyl (C=O) groups is 4. The molecule has 2 rings (SSSR count). The lowest BCUT2D eigenvalue weighted by molar-refractivity contribution is -0.134. The Hall–Kier alpha value is -2.49. The van der Waals surface area contributed by atoms with Crippen LogP contribution in [0.1, 0.15) is 20.4 Å². The normalized spacial score (nSPS) is 14.8. The van der Waals surface area contributed by atoms with Crippen molar-refractivity contribution in [3.05, 3.63) is 15.6 Å². The molecule has 2 heterocycles. The molecule has 1 fully saturated rings. The molecule has 10 heteroatoms. The average Bonchev–Trinajstić information content (AvgIpc) is 2.76. The molecule has 0 bridgehead atoms. The summed E-state index contributed by atoms with van der Waals surface area (Å²) in [4.78, 5) is 50.3. The first-order valence-electron chi connectivity index (χ1n) is 5.92. The molecule has 1 aliphatic heterocycles. The van der Waals surface area contributed by atoms with Crippen molar-refractivity contribution in [2.75, 3.05) is 13.1 Å². The molecule has 1 aliphatic rings. The van der Waals surface area contributed by atoms with Crippen LogP contribution >= 0.6 is 11.3 Å². The Morgan fingerprint density at radius 2 is 2.00 bits per heavy atom. The number of aromatic nitrogens is 1. The molecule has 0 aliphatic carbocycles. The highest BCUT2D eigenvalue weighted by Crippen LogP contribution is 2.17. The van der Waals surface area contributed by atoms with Gasteiger partial charge >= 0.3 is 12.0 Å². The fraction of sp³-hybridized carbons (Fsp3) is 0.364. The summed E-state index contributed by atoms with van der Waals surface area (Å²) < 4.78 is 0. The Labute approximate surface area is 123 Å². The Balaban J connectivity index is 1.95. The van der Waals surface area contributed by atoms with E-state index in [1.165, 1.54) is 0 Å². The fourth-order valence-electron chi connectivity index (χ4n) is 1.77. The van der Waals surface area contributed by atoms with Crippen LogP contribution in [0.2, 0.25) is 0 Å². The van der Waals surface area contributed by atoms with Gasteiger partial charge in [0, 0.05) is 0 Å². The van der Waals surface area contributed by atoms with Crippen molar-refractivity contribution in [1.82, 2.24) is 20.5 Å². The van der Waals surface area contributed by atoms with Gasteiger partial charge in [0.15, 0.2) is 0 Å². The van der Waals surface area contributed by atoms with Crippen molar-refractivity contribution in [1.29, 1.82) is 0 Å². The molecular formula is C11H12N4O5S. The molecule has 4 amide bonds. The third-order valence-electron chi connectivity index (χ3n) is 2.66. The lowest BCUT2D eigenvalue weighted by Crippen LogP contribution is -2.55. The zero-order valence-corrected chi connectivity index (χ0v) is 11.8. The summed E-state index contributed by atoms with van der Waals surface area (Å²) in [5.41, 5.74) is 0.379. The Morgan fingerprint density at radius 1 is 1.38 bits per heavy atom. The second kappa shape index (κ2) is 5.87. The number of carboxylic acids is 1. The molecule has 3 N–H and O–H groups in total. The predicted molar refractivity (Wildman–Crippen MR) is 70.8 cm³/mol. The minimum absolute atomic E-state index is 0.0317. The topological polar surface area (TPSA) is 129 Å². The first kappa shape index (κ1) is 14.9. The zero-order valence-electron chi connectivity index (χ0n) is 11.0. The first-order valence-corrected chi connectivity index (χ1v) is 6.73. The number of rotatable bonds is 3. The molecule has 1 aromatic heterocycles. The van der Waals surface area contributed by atoms with E-state index in [2.05, 4.69) is 15.6 Å². The predicted octanol–water partition coefficient (Wildman–Crippen LogP) is -0.682. The second-order valence-electron chi connectivity index (χ2n) is 4.31. The summed E-state index contributed by atoms with van der Waals surface area (Å²) in [6.07, 6.45) is 0. The molecule has 112 valence electrons. The summed E-state index contributed by atoms with van der Waals surface area (Å²) in [5.74, 6) is -2.15. The van der Waals surface area contributed by atoms with Gasteiger partial charge in [0.05, 0.1) is 12.2 Å². The quantitative estimate of drug-likeness (QED) is 0.634. The van der Waals surface area contributed by atoms with E-state index in [0.717, 1.165) is 16.2 Å². The third-order valence-corrected chi connectivity index (χ3v) is 3.81. The number of hydrogen-bond acceptors (Lipinski definition) is 6. The van der Waals surface area contributed by atoms with Gasteiger partial charge in [0.1, 0.15) is 23.0 Å². The minimum atomic E-state index is -1.07. The zero-order chi connectivity index (χ0) is 15.6. The van der Waals surface area contributed by atoms with Crippen molar-refractivity contribution >= 4 is 35.2 Å². The highest BCUT2D eigenvalue weighted by atomic mass is 32.1. The van der Waals surface area contributed by atoms with Crippen LogP contribution in [0, 0.1) is 6.92 Å². The van der Waals surface area contributed by atoms with Crippen LogP contribution in [0.3, 0.4) is 0 Å². The van der Waals surface area contributed by atoms with Crippen molar-refractivity contribution in [3.8, 4) is 0 Å². The van der Waals surface area contributed by atoms with Crippen molar-refractivity contribution in [2.24, 2.45) is 0 Å². The van der Waals surface area contributed by atoms with E-state index < -0.39 is 23.8 Å². The lowest BCUT2D eigenvalue weighted by atomic mass is 10.3. The van der Waals surface area contributed by atoms with Gasteiger partial charge in [0.2, 0.25) is 11.8 Å². The van der Waals surface area contributed by atoms with E-state index in [0.29, 0.717) is 10.7 Å². The van der Waals surface area contributed by atoms with Crippen molar-refractivity contribution in [2.45, 2.75) is 13.5 Å². The first-order chi connectivity index (χ1) is 9.86.